The molecule has 2 aromatic heterocycles. The van der Waals surface area contributed by atoms with Crippen LogP contribution in [-0.2, 0) is 6.54 Å². The van der Waals surface area contributed by atoms with E-state index in [4.69, 9.17) is 0 Å². The van der Waals surface area contributed by atoms with E-state index >= 15 is 0 Å². The fourth-order valence-corrected chi connectivity index (χ4v) is 3.31. The summed E-state index contributed by atoms with van der Waals surface area (Å²) in [5.41, 5.74) is 1.87. The van der Waals surface area contributed by atoms with Crippen LogP contribution in [0.15, 0.2) is 39.6 Å². The number of amides is 1. The van der Waals surface area contributed by atoms with Gasteiger partial charge in [-0.1, -0.05) is 0 Å². The molecular weight excluding hydrogens is 350 g/mol. The molecule has 0 unspecified atom stereocenters. The van der Waals surface area contributed by atoms with Crippen LogP contribution in [0.3, 0.4) is 0 Å². The lowest BCUT2D eigenvalue weighted by Gasteiger charge is -2.34. The molecule has 0 aliphatic carbocycles. The average Bonchev–Trinajstić information content (AvgIpc) is 3.01. The Hall–Kier alpha value is -1.24. The minimum absolute atomic E-state index is 0.0256. The molecule has 1 aliphatic heterocycles. The van der Waals surface area contributed by atoms with Crippen molar-refractivity contribution in [2.45, 2.75) is 6.54 Å². The van der Waals surface area contributed by atoms with Gasteiger partial charge in [0, 0.05) is 43.4 Å². The van der Waals surface area contributed by atoms with Crippen molar-refractivity contribution in [2.75, 3.05) is 26.2 Å². The number of hydrogen-bond acceptors (Lipinski definition) is 4. The van der Waals surface area contributed by atoms with Gasteiger partial charge < -0.3 is 4.90 Å². The molecule has 0 radical (unpaired) electrons. The van der Waals surface area contributed by atoms with Gasteiger partial charge in [-0.2, -0.15) is 11.3 Å². The quantitative estimate of drug-likeness (QED) is 0.838. The van der Waals surface area contributed by atoms with Gasteiger partial charge in [0.2, 0.25) is 0 Å². The molecular formula is C15H16BrN3OS. The monoisotopic (exact) mass is 365 g/mol. The van der Waals surface area contributed by atoms with Crippen molar-refractivity contribution in [1.29, 1.82) is 0 Å². The number of carbonyl (C=O) groups excluding carboxylic acids is 1. The Bertz CT molecular complexity index is 592. The highest BCUT2D eigenvalue weighted by atomic mass is 79.9. The third kappa shape index (κ3) is 3.70. The van der Waals surface area contributed by atoms with Crippen LogP contribution in [0.25, 0.3) is 0 Å². The number of carbonyl (C=O) groups is 1. The van der Waals surface area contributed by atoms with Gasteiger partial charge in [-0.15, -0.1) is 0 Å². The first-order valence-corrected chi connectivity index (χ1v) is 8.60. The Morgan fingerprint density at radius 2 is 2.05 bits per heavy atom. The number of aromatic nitrogens is 1. The van der Waals surface area contributed by atoms with Crippen LogP contribution in [-0.4, -0.2) is 46.9 Å². The molecule has 1 fully saturated rings. The third-order valence-corrected chi connectivity index (χ3v) is 4.79. The maximum Gasteiger partial charge on any atom is 0.272 e. The number of nitrogens with zero attached hydrogens (tertiary/aromatic N) is 3. The molecule has 1 saturated heterocycles. The number of halogens is 1. The first-order valence-electron chi connectivity index (χ1n) is 6.86. The van der Waals surface area contributed by atoms with Crippen molar-refractivity contribution in [3.8, 4) is 0 Å². The van der Waals surface area contributed by atoms with Gasteiger partial charge in [0.15, 0.2) is 0 Å². The fourth-order valence-electron chi connectivity index (χ4n) is 2.41. The summed E-state index contributed by atoms with van der Waals surface area (Å²) in [4.78, 5) is 20.8. The van der Waals surface area contributed by atoms with E-state index in [1.165, 1.54) is 5.56 Å². The second-order valence-electron chi connectivity index (χ2n) is 5.06. The van der Waals surface area contributed by atoms with Gasteiger partial charge in [-0.25, -0.2) is 4.98 Å². The second-order valence-corrected chi connectivity index (χ2v) is 6.76. The largest absolute Gasteiger partial charge is 0.335 e. The van der Waals surface area contributed by atoms with Crippen LogP contribution in [0.2, 0.25) is 0 Å². The summed E-state index contributed by atoms with van der Waals surface area (Å²) in [6.45, 7) is 4.33. The summed E-state index contributed by atoms with van der Waals surface area (Å²) in [6, 6.07) is 5.78. The van der Waals surface area contributed by atoms with E-state index in [0.29, 0.717) is 5.69 Å². The van der Waals surface area contributed by atoms with E-state index in [2.05, 4.69) is 42.6 Å². The highest BCUT2D eigenvalue weighted by Gasteiger charge is 2.22. The van der Waals surface area contributed by atoms with E-state index in [0.717, 1.165) is 37.2 Å². The van der Waals surface area contributed by atoms with Gasteiger partial charge in [0.05, 0.1) is 0 Å². The first-order chi connectivity index (χ1) is 10.2. The highest BCUT2D eigenvalue weighted by molar-refractivity contribution is 9.10. The lowest BCUT2D eigenvalue weighted by atomic mass is 10.2. The standard InChI is InChI=1S/C15H16BrN3OS/c16-13-1-2-14(17-9-13)15(20)19-6-4-18(5-7-19)10-12-3-8-21-11-12/h1-3,8-9,11H,4-7,10H2. The maximum atomic E-state index is 12.4. The molecule has 0 atom stereocenters. The van der Waals surface area contributed by atoms with E-state index in [1.807, 2.05) is 11.0 Å². The van der Waals surface area contributed by atoms with Gasteiger partial charge >= 0.3 is 0 Å². The third-order valence-electron chi connectivity index (χ3n) is 3.59. The molecule has 0 aromatic carbocycles. The number of hydrogen-bond donors (Lipinski definition) is 0. The number of piperazine rings is 1. The predicted molar refractivity (Wildman–Crippen MR) is 87.4 cm³/mol. The Labute approximate surface area is 136 Å². The van der Waals surface area contributed by atoms with Gasteiger partial charge in [-0.05, 0) is 50.5 Å². The summed E-state index contributed by atoms with van der Waals surface area (Å²) >= 11 is 5.06. The molecule has 0 bridgehead atoms. The van der Waals surface area contributed by atoms with E-state index in [-0.39, 0.29) is 5.91 Å². The summed E-state index contributed by atoms with van der Waals surface area (Å²) < 4.78 is 0.889. The zero-order valence-electron chi connectivity index (χ0n) is 11.5. The summed E-state index contributed by atoms with van der Waals surface area (Å²) in [5, 5.41) is 4.29. The van der Waals surface area contributed by atoms with Crippen LogP contribution in [0.4, 0.5) is 0 Å². The second kappa shape index (κ2) is 6.68. The summed E-state index contributed by atoms with van der Waals surface area (Å²) in [6.07, 6.45) is 1.67. The zero-order chi connectivity index (χ0) is 14.7. The molecule has 3 rings (SSSR count). The molecule has 6 heteroatoms. The molecule has 2 aromatic rings. The van der Waals surface area contributed by atoms with Crippen LogP contribution in [0, 0.1) is 0 Å². The minimum Gasteiger partial charge on any atom is -0.335 e. The molecule has 0 N–H and O–H groups in total. The van der Waals surface area contributed by atoms with Crippen LogP contribution >= 0.6 is 27.3 Å². The molecule has 1 amide bonds. The Balaban J connectivity index is 1.55. The molecule has 0 spiro atoms. The lowest BCUT2D eigenvalue weighted by Crippen LogP contribution is -2.48. The number of rotatable bonds is 3. The topological polar surface area (TPSA) is 36.4 Å². The van der Waals surface area contributed by atoms with Gasteiger partial charge in [0.25, 0.3) is 5.91 Å². The van der Waals surface area contributed by atoms with Crippen molar-refractivity contribution >= 4 is 33.2 Å². The first kappa shape index (κ1) is 14.7. The van der Waals surface area contributed by atoms with Crippen molar-refractivity contribution in [1.82, 2.24) is 14.8 Å². The average molecular weight is 366 g/mol. The summed E-state index contributed by atoms with van der Waals surface area (Å²) in [5.74, 6) is 0.0256. The van der Waals surface area contributed by atoms with E-state index < -0.39 is 0 Å². The Kier molecular flexibility index (Phi) is 4.67. The predicted octanol–water partition coefficient (Wildman–Crippen LogP) is 2.86. The van der Waals surface area contributed by atoms with Crippen LogP contribution < -0.4 is 0 Å². The van der Waals surface area contributed by atoms with Gasteiger partial charge in [0.1, 0.15) is 5.69 Å². The molecule has 3 heterocycles. The fraction of sp³-hybridized carbons (Fsp3) is 0.333. The van der Waals surface area contributed by atoms with Crippen molar-refractivity contribution in [3.63, 3.8) is 0 Å². The molecule has 21 heavy (non-hydrogen) atoms. The lowest BCUT2D eigenvalue weighted by molar-refractivity contribution is 0.0623. The number of thiophene rings is 1. The van der Waals surface area contributed by atoms with Crippen LogP contribution in [0.5, 0.6) is 0 Å². The smallest absolute Gasteiger partial charge is 0.272 e. The molecule has 110 valence electrons. The zero-order valence-corrected chi connectivity index (χ0v) is 13.9. The Morgan fingerprint density at radius 1 is 1.24 bits per heavy atom. The Morgan fingerprint density at radius 3 is 2.67 bits per heavy atom. The van der Waals surface area contributed by atoms with E-state index in [9.17, 15) is 4.79 Å². The van der Waals surface area contributed by atoms with Crippen molar-refractivity contribution < 1.29 is 4.79 Å². The van der Waals surface area contributed by atoms with Crippen molar-refractivity contribution in [3.05, 3.63) is 50.9 Å². The molecule has 4 nitrogen and oxygen atoms in total. The summed E-state index contributed by atoms with van der Waals surface area (Å²) in [7, 11) is 0. The number of pyridine rings is 1. The SMILES string of the molecule is O=C(c1ccc(Br)cn1)N1CCN(Cc2ccsc2)CC1. The highest BCUT2D eigenvalue weighted by Crippen LogP contribution is 2.14. The van der Waals surface area contributed by atoms with Crippen molar-refractivity contribution in [2.24, 2.45) is 0 Å². The van der Waals surface area contributed by atoms with Crippen LogP contribution in [0.1, 0.15) is 16.1 Å². The van der Waals surface area contributed by atoms with Gasteiger partial charge in [-0.3, -0.25) is 9.69 Å². The minimum atomic E-state index is 0.0256. The molecule has 1 aliphatic rings. The maximum absolute atomic E-state index is 12.4. The molecule has 0 saturated carbocycles. The normalized spacial score (nSPS) is 16.1. The van der Waals surface area contributed by atoms with E-state index in [1.54, 1.807) is 23.6 Å².